The third-order valence-electron chi connectivity index (χ3n) is 2.20. The molecule has 6 nitrogen and oxygen atoms in total. The predicted molar refractivity (Wildman–Crippen MR) is 49.9 cm³/mol. The molecule has 0 aliphatic carbocycles. The summed E-state index contributed by atoms with van der Waals surface area (Å²) in [5.41, 5.74) is 0. The Morgan fingerprint density at radius 1 is 1.64 bits per heavy atom. The lowest BCUT2D eigenvalue weighted by atomic mass is 10.1. The molecule has 0 aromatic carbocycles. The molecule has 0 unspecified atom stereocenters. The van der Waals surface area contributed by atoms with Gasteiger partial charge in [0.1, 0.15) is 5.82 Å². The zero-order valence-electron chi connectivity index (χ0n) is 8.24. The Morgan fingerprint density at radius 3 is 2.86 bits per heavy atom. The number of aryl methyl sites for hydroxylation is 1. The van der Waals surface area contributed by atoms with E-state index in [2.05, 4.69) is 25.4 Å². The van der Waals surface area contributed by atoms with Gasteiger partial charge in [-0.1, -0.05) is 0 Å². The van der Waals surface area contributed by atoms with Crippen LogP contribution >= 0.6 is 0 Å². The first-order valence-electron chi connectivity index (χ1n) is 4.53. The molecule has 76 valence electrons. The van der Waals surface area contributed by atoms with E-state index in [1.54, 1.807) is 6.92 Å². The monoisotopic (exact) mass is 195 g/mol. The molecule has 1 fully saturated rings. The summed E-state index contributed by atoms with van der Waals surface area (Å²) < 4.78 is 0. The number of H-pyrrole nitrogens is 1. The van der Waals surface area contributed by atoms with Crippen molar-refractivity contribution in [2.75, 3.05) is 20.1 Å². The van der Waals surface area contributed by atoms with Gasteiger partial charge in [0.05, 0.1) is 6.04 Å². The number of rotatable bonds is 2. The van der Waals surface area contributed by atoms with E-state index in [9.17, 15) is 4.79 Å². The Labute approximate surface area is 81.7 Å². The average Bonchev–Trinajstić information content (AvgIpc) is 2.49. The minimum Gasteiger partial charge on any atom is -0.344 e. The van der Waals surface area contributed by atoms with Crippen LogP contribution in [0.1, 0.15) is 16.4 Å². The first-order valence-corrected chi connectivity index (χ1v) is 4.53. The molecule has 1 aliphatic heterocycles. The van der Waals surface area contributed by atoms with Crippen LogP contribution in [0.4, 0.5) is 0 Å². The Bertz CT molecular complexity index is 341. The smallest absolute Gasteiger partial charge is 0.291 e. The fraction of sp³-hybridized carbons (Fsp3) is 0.625. The van der Waals surface area contributed by atoms with Gasteiger partial charge >= 0.3 is 0 Å². The van der Waals surface area contributed by atoms with Crippen LogP contribution < -0.4 is 5.32 Å². The number of aromatic nitrogens is 3. The molecule has 14 heavy (non-hydrogen) atoms. The highest BCUT2D eigenvalue weighted by Gasteiger charge is 2.26. The molecule has 1 aromatic rings. The fourth-order valence-electron chi connectivity index (χ4n) is 1.48. The zero-order chi connectivity index (χ0) is 10.1. The number of carbonyl (C=O) groups excluding carboxylic acids is 1. The van der Waals surface area contributed by atoms with E-state index in [0.29, 0.717) is 5.82 Å². The van der Waals surface area contributed by atoms with E-state index >= 15 is 0 Å². The van der Waals surface area contributed by atoms with Crippen molar-refractivity contribution in [1.29, 1.82) is 0 Å². The van der Waals surface area contributed by atoms with Gasteiger partial charge in [0, 0.05) is 13.1 Å². The Balaban J connectivity index is 1.90. The SMILES string of the molecule is Cc1nc(C(=O)NC2CN(C)C2)n[nH]1. The lowest BCUT2D eigenvalue weighted by molar-refractivity contribution is 0.0847. The molecule has 0 saturated carbocycles. The fourth-order valence-corrected chi connectivity index (χ4v) is 1.48. The highest BCUT2D eigenvalue weighted by Crippen LogP contribution is 2.04. The summed E-state index contributed by atoms with van der Waals surface area (Å²) in [7, 11) is 2.01. The quantitative estimate of drug-likeness (QED) is 0.645. The van der Waals surface area contributed by atoms with Gasteiger partial charge in [0.2, 0.25) is 5.82 Å². The van der Waals surface area contributed by atoms with E-state index in [1.165, 1.54) is 0 Å². The largest absolute Gasteiger partial charge is 0.344 e. The highest BCUT2D eigenvalue weighted by atomic mass is 16.2. The van der Waals surface area contributed by atoms with Crippen molar-refractivity contribution < 1.29 is 4.79 Å². The molecule has 2 N–H and O–H groups in total. The lowest BCUT2D eigenvalue weighted by Gasteiger charge is -2.36. The first kappa shape index (κ1) is 9.14. The number of likely N-dealkylation sites (tertiary alicyclic amines) is 1. The van der Waals surface area contributed by atoms with Crippen molar-refractivity contribution in [3.05, 3.63) is 11.6 Å². The van der Waals surface area contributed by atoms with Crippen molar-refractivity contribution in [3.63, 3.8) is 0 Å². The molecule has 6 heteroatoms. The van der Waals surface area contributed by atoms with Crippen LogP contribution in [0.2, 0.25) is 0 Å². The van der Waals surface area contributed by atoms with Gasteiger partial charge in [0.15, 0.2) is 0 Å². The maximum Gasteiger partial charge on any atom is 0.291 e. The number of carbonyl (C=O) groups is 1. The van der Waals surface area contributed by atoms with Gasteiger partial charge in [0.25, 0.3) is 5.91 Å². The Morgan fingerprint density at radius 2 is 2.36 bits per heavy atom. The maximum absolute atomic E-state index is 11.5. The molecule has 0 bridgehead atoms. The van der Waals surface area contributed by atoms with Gasteiger partial charge in [-0.25, -0.2) is 4.98 Å². The number of aromatic amines is 1. The second-order valence-corrected chi connectivity index (χ2v) is 3.64. The van der Waals surface area contributed by atoms with Crippen molar-refractivity contribution in [2.45, 2.75) is 13.0 Å². The van der Waals surface area contributed by atoms with Crippen LogP contribution in [0.25, 0.3) is 0 Å². The van der Waals surface area contributed by atoms with E-state index in [1.807, 2.05) is 7.05 Å². The van der Waals surface area contributed by atoms with Crippen molar-refractivity contribution in [3.8, 4) is 0 Å². The highest BCUT2D eigenvalue weighted by molar-refractivity contribution is 5.90. The number of hydrogen-bond acceptors (Lipinski definition) is 4. The lowest BCUT2D eigenvalue weighted by Crippen LogP contribution is -2.57. The summed E-state index contributed by atoms with van der Waals surface area (Å²) in [5.74, 6) is 0.672. The van der Waals surface area contributed by atoms with Crippen molar-refractivity contribution in [1.82, 2.24) is 25.4 Å². The van der Waals surface area contributed by atoms with Gasteiger partial charge in [-0.05, 0) is 14.0 Å². The first-order chi connectivity index (χ1) is 6.65. The predicted octanol–water partition coefficient (Wildman–Crippen LogP) is -0.843. The summed E-state index contributed by atoms with van der Waals surface area (Å²) in [4.78, 5) is 17.6. The normalized spacial score (nSPS) is 17.9. The third-order valence-corrected chi connectivity index (χ3v) is 2.20. The van der Waals surface area contributed by atoms with Gasteiger partial charge in [-0.3, -0.25) is 9.89 Å². The van der Waals surface area contributed by atoms with Gasteiger partial charge in [-0.15, -0.1) is 5.10 Å². The Hall–Kier alpha value is -1.43. The molecule has 1 aromatic heterocycles. The summed E-state index contributed by atoms with van der Waals surface area (Å²) >= 11 is 0. The molecular formula is C8H13N5O. The van der Waals surface area contributed by atoms with Crippen LogP contribution in [-0.2, 0) is 0 Å². The van der Waals surface area contributed by atoms with Crippen LogP contribution in [-0.4, -0.2) is 52.2 Å². The number of nitrogens with zero attached hydrogens (tertiary/aromatic N) is 3. The van der Waals surface area contributed by atoms with Crippen molar-refractivity contribution in [2.24, 2.45) is 0 Å². The summed E-state index contributed by atoms with van der Waals surface area (Å²) in [6.07, 6.45) is 0. The second-order valence-electron chi connectivity index (χ2n) is 3.64. The van der Waals surface area contributed by atoms with E-state index in [0.717, 1.165) is 13.1 Å². The van der Waals surface area contributed by atoms with Crippen LogP contribution in [0.3, 0.4) is 0 Å². The van der Waals surface area contributed by atoms with Crippen LogP contribution in [0, 0.1) is 6.92 Å². The molecule has 1 aliphatic rings. The molecule has 2 heterocycles. The zero-order valence-corrected chi connectivity index (χ0v) is 8.24. The summed E-state index contributed by atoms with van der Waals surface area (Å²) in [5, 5.41) is 9.27. The number of likely N-dealkylation sites (N-methyl/N-ethyl adjacent to an activating group) is 1. The van der Waals surface area contributed by atoms with Gasteiger partial charge in [-0.2, -0.15) is 0 Å². The molecule has 0 spiro atoms. The van der Waals surface area contributed by atoms with E-state index in [4.69, 9.17) is 0 Å². The second kappa shape index (κ2) is 3.38. The molecule has 0 atom stereocenters. The maximum atomic E-state index is 11.5. The molecule has 1 saturated heterocycles. The minimum absolute atomic E-state index is 0.201. The molecule has 1 amide bonds. The number of nitrogens with one attached hydrogen (secondary N) is 2. The third kappa shape index (κ3) is 1.74. The average molecular weight is 195 g/mol. The molecule has 2 rings (SSSR count). The molecular weight excluding hydrogens is 182 g/mol. The summed E-state index contributed by atoms with van der Waals surface area (Å²) in [6.45, 7) is 3.56. The topological polar surface area (TPSA) is 73.9 Å². The Kier molecular flexibility index (Phi) is 2.20. The summed E-state index contributed by atoms with van der Waals surface area (Å²) in [6, 6.07) is 0.242. The number of hydrogen-bond donors (Lipinski definition) is 2. The standard InChI is InChI=1S/C8H13N5O/c1-5-9-7(12-11-5)8(14)10-6-3-13(2)4-6/h6H,3-4H2,1-2H3,(H,10,14)(H,9,11,12). The number of amides is 1. The van der Waals surface area contributed by atoms with Gasteiger partial charge < -0.3 is 10.2 Å². The minimum atomic E-state index is -0.201. The van der Waals surface area contributed by atoms with Crippen LogP contribution in [0.5, 0.6) is 0 Å². The van der Waals surface area contributed by atoms with Crippen LogP contribution in [0.15, 0.2) is 0 Å². The van der Waals surface area contributed by atoms with E-state index in [-0.39, 0.29) is 17.8 Å². The van der Waals surface area contributed by atoms with Crippen molar-refractivity contribution >= 4 is 5.91 Å². The molecule has 0 radical (unpaired) electrons. The van der Waals surface area contributed by atoms with E-state index < -0.39 is 0 Å².